The number of thioether (sulfide) groups is 4. The van der Waals surface area contributed by atoms with Gasteiger partial charge in [-0.25, -0.2) is 0 Å². The van der Waals surface area contributed by atoms with Crippen LogP contribution in [0.15, 0.2) is 0 Å². The third-order valence-electron chi connectivity index (χ3n) is 1.36. The molecular weight excluding hydrogens is 264 g/mol. The molecule has 0 aromatic carbocycles. The van der Waals surface area contributed by atoms with Crippen LogP contribution in [0.1, 0.15) is 0 Å². The zero-order chi connectivity index (χ0) is 8.81. The molecule has 0 aliphatic carbocycles. The van der Waals surface area contributed by atoms with Crippen LogP contribution in [0.25, 0.3) is 0 Å². The lowest BCUT2D eigenvalue weighted by molar-refractivity contribution is 1.33. The van der Waals surface area contributed by atoms with Gasteiger partial charge in [0.05, 0.1) is 9.16 Å². The second-order valence-electron chi connectivity index (χ2n) is 2.12. The molecule has 6 heteroatoms. The first-order valence-corrected chi connectivity index (χ1v) is 9.01. The quantitative estimate of drug-likeness (QED) is 0.596. The van der Waals surface area contributed by atoms with Crippen molar-refractivity contribution in [2.45, 2.75) is 9.16 Å². The summed E-state index contributed by atoms with van der Waals surface area (Å²) in [6.45, 7) is 0. The predicted molar refractivity (Wildman–Crippen MR) is 75.4 cm³/mol. The Labute approximate surface area is 102 Å². The standard InChI is InChI=1S/C6H12S6/c7-3-11-5-1-9-6(2-10-5)12-4-8/h5-8H,1-4H2/t5-,6+. The molecule has 2 atom stereocenters. The Morgan fingerprint density at radius 1 is 1.00 bits per heavy atom. The number of hydrogen-bond acceptors (Lipinski definition) is 6. The maximum Gasteiger partial charge on any atom is 0.0602 e. The highest BCUT2D eigenvalue weighted by molar-refractivity contribution is 8.26. The lowest BCUT2D eigenvalue weighted by Crippen LogP contribution is -2.16. The summed E-state index contributed by atoms with van der Waals surface area (Å²) in [4.78, 5) is 0. The molecule has 0 aromatic heterocycles. The van der Waals surface area contributed by atoms with Crippen LogP contribution < -0.4 is 0 Å². The summed E-state index contributed by atoms with van der Waals surface area (Å²) in [6.07, 6.45) is 0. The van der Waals surface area contributed by atoms with E-state index in [1.165, 1.54) is 11.5 Å². The zero-order valence-corrected chi connectivity index (χ0v) is 11.6. The first kappa shape index (κ1) is 12.2. The molecule has 0 spiro atoms. The number of rotatable bonds is 4. The molecule has 0 N–H and O–H groups in total. The third-order valence-corrected chi connectivity index (χ3v) is 8.23. The van der Waals surface area contributed by atoms with Crippen molar-refractivity contribution in [2.24, 2.45) is 0 Å². The minimum Gasteiger partial charge on any atom is -0.168 e. The van der Waals surface area contributed by atoms with E-state index in [1.54, 1.807) is 0 Å². The van der Waals surface area contributed by atoms with Gasteiger partial charge in [0.2, 0.25) is 0 Å². The van der Waals surface area contributed by atoms with E-state index in [1.807, 2.05) is 23.5 Å². The monoisotopic (exact) mass is 276 g/mol. The molecule has 1 saturated heterocycles. The molecule has 1 aliphatic rings. The maximum atomic E-state index is 4.22. The van der Waals surface area contributed by atoms with E-state index in [2.05, 4.69) is 48.8 Å². The van der Waals surface area contributed by atoms with Gasteiger partial charge in [0.25, 0.3) is 0 Å². The third kappa shape index (κ3) is 4.55. The van der Waals surface area contributed by atoms with Crippen molar-refractivity contribution in [2.75, 3.05) is 21.7 Å². The van der Waals surface area contributed by atoms with Gasteiger partial charge >= 0.3 is 0 Å². The normalized spacial score (nSPS) is 30.5. The van der Waals surface area contributed by atoms with Crippen molar-refractivity contribution in [1.82, 2.24) is 0 Å². The second kappa shape index (κ2) is 7.40. The molecule has 1 heterocycles. The van der Waals surface area contributed by atoms with E-state index >= 15 is 0 Å². The van der Waals surface area contributed by atoms with E-state index in [-0.39, 0.29) is 0 Å². The Hall–Kier alpha value is 2.10. The van der Waals surface area contributed by atoms with Gasteiger partial charge in [-0.2, -0.15) is 25.3 Å². The molecule has 0 saturated carbocycles. The van der Waals surface area contributed by atoms with Crippen molar-refractivity contribution >= 4 is 72.3 Å². The van der Waals surface area contributed by atoms with Gasteiger partial charge in [-0.05, 0) is 0 Å². The lowest BCUT2D eigenvalue weighted by atomic mass is 10.9. The van der Waals surface area contributed by atoms with Gasteiger partial charge < -0.3 is 0 Å². The zero-order valence-electron chi connectivity index (χ0n) is 6.51. The highest BCUT2D eigenvalue weighted by atomic mass is 32.2. The van der Waals surface area contributed by atoms with Crippen LogP contribution in [-0.2, 0) is 0 Å². The summed E-state index contributed by atoms with van der Waals surface area (Å²) in [5.41, 5.74) is 0. The van der Waals surface area contributed by atoms with E-state index in [4.69, 9.17) is 0 Å². The Balaban J connectivity index is 2.11. The van der Waals surface area contributed by atoms with Crippen LogP contribution in [0.2, 0.25) is 0 Å². The van der Waals surface area contributed by atoms with Crippen LogP contribution >= 0.6 is 72.3 Å². The van der Waals surface area contributed by atoms with Crippen molar-refractivity contribution in [3.05, 3.63) is 0 Å². The fourth-order valence-electron chi connectivity index (χ4n) is 0.827. The van der Waals surface area contributed by atoms with Gasteiger partial charge in [-0.3, -0.25) is 0 Å². The molecule has 72 valence electrons. The molecular formula is C6H12S6. The Morgan fingerprint density at radius 3 is 1.67 bits per heavy atom. The molecule has 0 amide bonds. The van der Waals surface area contributed by atoms with Gasteiger partial charge in [0, 0.05) is 21.7 Å². The van der Waals surface area contributed by atoms with E-state index in [0.717, 1.165) is 19.3 Å². The Morgan fingerprint density at radius 2 is 1.42 bits per heavy atom. The van der Waals surface area contributed by atoms with Gasteiger partial charge in [0.15, 0.2) is 0 Å². The molecule has 1 fully saturated rings. The number of hydrogen-bond donors (Lipinski definition) is 2. The largest absolute Gasteiger partial charge is 0.168 e. The molecule has 0 aromatic rings. The van der Waals surface area contributed by atoms with E-state index in [9.17, 15) is 0 Å². The summed E-state index contributed by atoms with van der Waals surface area (Å²) in [7, 11) is 0. The summed E-state index contributed by atoms with van der Waals surface area (Å²) >= 11 is 16.5. The molecule has 0 bridgehead atoms. The van der Waals surface area contributed by atoms with Gasteiger partial charge in [-0.1, -0.05) is 0 Å². The van der Waals surface area contributed by atoms with E-state index in [0.29, 0.717) is 0 Å². The minimum absolute atomic E-state index is 0.768. The van der Waals surface area contributed by atoms with Crippen molar-refractivity contribution in [1.29, 1.82) is 0 Å². The summed E-state index contributed by atoms with van der Waals surface area (Å²) in [6, 6.07) is 0. The highest BCUT2D eigenvalue weighted by Gasteiger charge is 2.21. The Kier molecular flexibility index (Phi) is 7.50. The van der Waals surface area contributed by atoms with Crippen molar-refractivity contribution in [3.63, 3.8) is 0 Å². The summed E-state index contributed by atoms with van der Waals surface area (Å²) < 4.78 is 1.54. The van der Waals surface area contributed by atoms with Crippen molar-refractivity contribution in [3.8, 4) is 0 Å². The lowest BCUT2D eigenvalue weighted by Gasteiger charge is -2.26. The van der Waals surface area contributed by atoms with Crippen LogP contribution in [0.4, 0.5) is 0 Å². The topological polar surface area (TPSA) is 0 Å². The van der Waals surface area contributed by atoms with Gasteiger partial charge in [-0.15, -0.1) is 47.0 Å². The van der Waals surface area contributed by atoms with Crippen molar-refractivity contribution < 1.29 is 0 Å². The fraction of sp³-hybridized carbons (Fsp3) is 1.00. The highest BCUT2D eigenvalue weighted by Crippen LogP contribution is 2.40. The molecule has 0 nitrogen and oxygen atoms in total. The summed E-state index contributed by atoms with van der Waals surface area (Å²) in [5.74, 6) is 2.53. The van der Waals surface area contributed by atoms with Gasteiger partial charge in [0.1, 0.15) is 0 Å². The number of thiol groups is 2. The predicted octanol–water partition coefficient (Wildman–Crippen LogP) is 3.36. The first-order chi connectivity index (χ1) is 5.86. The molecule has 1 aliphatic heterocycles. The van der Waals surface area contributed by atoms with E-state index < -0.39 is 0 Å². The Bertz CT molecular complexity index is 96.6. The van der Waals surface area contributed by atoms with Crippen LogP contribution in [0, 0.1) is 0 Å². The minimum atomic E-state index is 0.768. The van der Waals surface area contributed by atoms with Crippen LogP contribution in [-0.4, -0.2) is 30.8 Å². The first-order valence-electron chi connectivity index (χ1n) is 3.55. The molecule has 0 radical (unpaired) electrons. The molecule has 12 heavy (non-hydrogen) atoms. The average molecular weight is 277 g/mol. The average Bonchev–Trinajstić information content (AvgIpc) is 2.09. The SMILES string of the molecule is SCS[C@H]1CS[C@H](SCS)CS1. The maximum absolute atomic E-state index is 4.22. The van der Waals surface area contributed by atoms with Crippen LogP contribution in [0.5, 0.6) is 0 Å². The fourth-order valence-corrected chi connectivity index (χ4v) is 7.72. The molecule has 0 unspecified atom stereocenters. The second-order valence-corrected chi connectivity index (χ2v) is 9.06. The molecule has 1 rings (SSSR count). The van der Waals surface area contributed by atoms with Crippen LogP contribution in [0.3, 0.4) is 0 Å². The smallest absolute Gasteiger partial charge is 0.0602 e. The summed E-state index contributed by atoms with van der Waals surface area (Å²) in [5, 5.41) is 1.89.